The molecule has 2 amide bonds. The van der Waals surface area contributed by atoms with E-state index in [1.165, 1.54) is 0 Å². The zero-order chi connectivity index (χ0) is 22.4. The van der Waals surface area contributed by atoms with Gasteiger partial charge in [-0.1, -0.05) is 18.5 Å². The lowest BCUT2D eigenvalue weighted by Gasteiger charge is -2.36. The SMILES string of the molecule is CCCC(=O)N1CCN(c2ccc(NC(=O)c3ccc(OCC)c(Br)c3)cc2Cl)CC1. The van der Waals surface area contributed by atoms with E-state index in [2.05, 4.69) is 26.1 Å². The molecule has 0 saturated carbocycles. The predicted molar refractivity (Wildman–Crippen MR) is 128 cm³/mol. The van der Waals surface area contributed by atoms with Gasteiger partial charge in [0, 0.05) is 43.9 Å². The van der Waals surface area contributed by atoms with Crippen LogP contribution in [0.2, 0.25) is 5.02 Å². The molecule has 0 unspecified atom stereocenters. The highest BCUT2D eigenvalue weighted by atomic mass is 79.9. The van der Waals surface area contributed by atoms with E-state index < -0.39 is 0 Å². The number of rotatable bonds is 7. The number of hydrogen-bond donors (Lipinski definition) is 1. The molecule has 1 aliphatic rings. The number of nitrogens with zero attached hydrogens (tertiary/aromatic N) is 2. The van der Waals surface area contributed by atoms with Gasteiger partial charge in [0.15, 0.2) is 0 Å². The average molecular weight is 509 g/mol. The number of hydrogen-bond acceptors (Lipinski definition) is 4. The van der Waals surface area contributed by atoms with Gasteiger partial charge in [-0.25, -0.2) is 0 Å². The highest BCUT2D eigenvalue weighted by Crippen LogP contribution is 2.31. The summed E-state index contributed by atoms with van der Waals surface area (Å²) in [5.74, 6) is 0.686. The summed E-state index contributed by atoms with van der Waals surface area (Å²) < 4.78 is 6.21. The molecule has 0 aliphatic carbocycles. The van der Waals surface area contributed by atoms with E-state index in [0.29, 0.717) is 48.1 Å². The summed E-state index contributed by atoms with van der Waals surface area (Å²) in [6, 6.07) is 10.7. The van der Waals surface area contributed by atoms with Crippen molar-refractivity contribution in [3.8, 4) is 5.75 Å². The van der Waals surface area contributed by atoms with Crippen LogP contribution in [0.3, 0.4) is 0 Å². The van der Waals surface area contributed by atoms with Gasteiger partial charge in [-0.2, -0.15) is 0 Å². The maximum atomic E-state index is 12.6. The number of amides is 2. The summed E-state index contributed by atoms with van der Waals surface area (Å²) in [4.78, 5) is 28.8. The Morgan fingerprint density at radius 3 is 2.45 bits per heavy atom. The van der Waals surface area contributed by atoms with Gasteiger partial charge in [0.1, 0.15) is 5.75 Å². The molecule has 6 nitrogen and oxygen atoms in total. The normalized spacial score (nSPS) is 13.8. The molecule has 0 bridgehead atoms. The largest absolute Gasteiger partial charge is 0.493 e. The van der Waals surface area contributed by atoms with Crippen LogP contribution in [0.15, 0.2) is 40.9 Å². The van der Waals surface area contributed by atoms with Crippen LogP contribution < -0.4 is 15.0 Å². The molecular formula is C23H27BrClN3O3. The van der Waals surface area contributed by atoms with E-state index in [1.54, 1.807) is 24.3 Å². The highest BCUT2D eigenvalue weighted by molar-refractivity contribution is 9.10. The van der Waals surface area contributed by atoms with E-state index in [4.69, 9.17) is 16.3 Å². The minimum atomic E-state index is -0.226. The Hall–Kier alpha value is -2.25. The Morgan fingerprint density at radius 1 is 1.10 bits per heavy atom. The number of carbonyl (C=O) groups excluding carboxylic acids is 2. The second-order valence-electron chi connectivity index (χ2n) is 7.32. The number of anilines is 2. The Bertz CT molecular complexity index is 946. The topological polar surface area (TPSA) is 61.9 Å². The van der Waals surface area contributed by atoms with E-state index in [0.717, 1.165) is 29.7 Å². The number of ether oxygens (including phenoxy) is 1. The van der Waals surface area contributed by atoms with Crippen molar-refractivity contribution in [3.63, 3.8) is 0 Å². The summed E-state index contributed by atoms with van der Waals surface area (Å²) in [5, 5.41) is 3.46. The van der Waals surface area contributed by atoms with Gasteiger partial charge < -0.3 is 19.9 Å². The first-order valence-corrected chi connectivity index (χ1v) is 11.7. The van der Waals surface area contributed by atoms with Crippen molar-refractivity contribution in [2.45, 2.75) is 26.7 Å². The highest BCUT2D eigenvalue weighted by Gasteiger charge is 2.22. The van der Waals surface area contributed by atoms with Crippen molar-refractivity contribution in [3.05, 3.63) is 51.5 Å². The zero-order valence-corrected chi connectivity index (χ0v) is 20.1. The minimum absolute atomic E-state index is 0.215. The van der Waals surface area contributed by atoms with E-state index in [9.17, 15) is 9.59 Å². The average Bonchev–Trinajstić information content (AvgIpc) is 2.76. The Kier molecular flexibility index (Phi) is 8.21. The molecule has 0 spiro atoms. The number of benzene rings is 2. The van der Waals surface area contributed by atoms with Crippen molar-refractivity contribution in [2.75, 3.05) is 43.0 Å². The number of carbonyl (C=O) groups is 2. The van der Waals surface area contributed by atoms with Gasteiger partial charge in [0.2, 0.25) is 5.91 Å². The first-order chi connectivity index (χ1) is 14.9. The molecule has 1 fully saturated rings. The number of piperazine rings is 1. The predicted octanol–water partition coefficient (Wildman–Crippen LogP) is 5.20. The third kappa shape index (κ3) is 5.92. The van der Waals surface area contributed by atoms with E-state index in [1.807, 2.05) is 30.9 Å². The van der Waals surface area contributed by atoms with E-state index in [-0.39, 0.29) is 11.8 Å². The monoisotopic (exact) mass is 507 g/mol. The van der Waals surface area contributed by atoms with Crippen molar-refractivity contribution in [1.82, 2.24) is 4.90 Å². The van der Waals surface area contributed by atoms with Crippen LogP contribution in [0.1, 0.15) is 37.0 Å². The van der Waals surface area contributed by atoms with Gasteiger partial charge in [-0.05, 0) is 65.7 Å². The molecule has 0 aromatic heterocycles. The molecule has 31 heavy (non-hydrogen) atoms. The maximum Gasteiger partial charge on any atom is 0.255 e. The molecule has 2 aromatic carbocycles. The number of halogens is 2. The Balaban J connectivity index is 1.63. The molecule has 3 rings (SSSR count). The Labute approximate surface area is 196 Å². The molecule has 1 N–H and O–H groups in total. The summed E-state index contributed by atoms with van der Waals surface area (Å²) in [5.41, 5.74) is 2.05. The fraction of sp³-hybridized carbons (Fsp3) is 0.391. The van der Waals surface area contributed by atoms with E-state index >= 15 is 0 Å². The molecule has 0 atom stereocenters. The lowest BCUT2D eigenvalue weighted by Crippen LogP contribution is -2.48. The molecule has 1 aliphatic heterocycles. The van der Waals surface area contributed by atoms with Crippen molar-refractivity contribution in [2.24, 2.45) is 0 Å². The molecular weight excluding hydrogens is 482 g/mol. The first kappa shape index (κ1) is 23.4. The van der Waals surface area contributed by atoms with Gasteiger partial charge in [0.25, 0.3) is 5.91 Å². The van der Waals surface area contributed by atoms with Crippen LogP contribution in [0.25, 0.3) is 0 Å². The third-order valence-corrected chi connectivity index (χ3v) is 6.06. The molecule has 0 radical (unpaired) electrons. The standard InChI is InChI=1S/C23H27BrClN3O3/c1-3-5-22(29)28-12-10-27(11-13-28)20-8-7-17(15-19(20)25)26-23(30)16-6-9-21(31-4-2)18(24)14-16/h6-9,14-15H,3-5,10-13H2,1-2H3,(H,26,30). The summed E-state index contributed by atoms with van der Waals surface area (Å²) >= 11 is 9.96. The minimum Gasteiger partial charge on any atom is -0.493 e. The van der Waals surface area contributed by atoms with Gasteiger partial charge >= 0.3 is 0 Å². The molecule has 1 heterocycles. The lowest BCUT2D eigenvalue weighted by atomic mass is 10.2. The van der Waals surface area contributed by atoms with Gasteiger partial charge in [-0.15, -0.1) is 0 Å². The van der Waals surface area contributed by atoms with Crippen molar-refractivity contribution in [1.29, 1.82) is 0 Å². The van der Waals surface area contributed by atoms with Crippen LogP contribution in [0.5, 0.6) is 5.75 Å². The van der Waals surface area contributed by atoms with Crippen LogP contribution in [-0.4, -0.2) is 49.5 Å². The summed E-state index contributed by atoms with van der Waals surface area (Å²) in [7, 11) is 0. The van der Waals surface area contributed by atoms with Crippen LogP contribution in [0.4, 0.5) is 11.4 Å². The lowest BCUT2D eigenvalue weighted by molar-refractivity contribution is -0.131. The quantitative estimate of drug-likeness (QED) is 0.558. The van der Waals surface area contributed by atoms with Gasteiger partial charge in [-0.3, -0.25) is 9.59 Å². The fourth-order valence-corrected chi connectivity index (χ4v) is 4.32. The fourth-order valence-electron chi connectivity index (χ4n) is 3.53. The molecule has 8 heteroatoms. The Morgan fingerprint density at radius 2 is 1.84 bits per heavy atom. The second-order valence-corrected chi connectivity index (χ2v) is 8.58. The van der Waals surface area contributed by atoms with Crippen LogP contribution in [0, 0.1) is 0 Å². The van der Waals surface area contributed by atoms with Crippen LogP contribution in [-0.2, 0) is 4.79 Å². The van der Waals surface area contributed by atoms with Crippen LogP contribution >= 0.6 is 27.5 Å². The smallest absolute Gasteiger partial charge is 0.255 e. The van der Waals surface area contributed by atoms with Gasteiger partial charge in [0.05, 0.1) is 21.8 Å². The summed E-state index contributed by atoms with van der Waals surface area (Å²) in [6.07, 6.45) is 1.46. The van der Waals surface area contributed by atoms with Crippen molar-refractivity contribution < 1.29 is 14.3 Å². The molecule has 2 aromatic rings. The molecule has 166 valence electrons. The third-order valence-electron chi connectivity index (χ3n) is 5.14. The first-order valence-electron chi connectivity index (χ1n) is 10.5. The number of nitrogens with one attached hydrogen (secondary N) is 1. The van der Waals surface area contributed by atoms with Crippen molar-refractivity contribution >= 4 is 50.7 Å². The second kappa shape index (κ2) is 10.9. The molecule has 1 saturated heterocycles. The summed E-state index contributed by atoms with van der Waals surface area (Å²) in [6.45, 7) is 7.34. The maximum absolute atomic E-state index is 12.6. The zero-order valence-electron chi connectivity index (χ0n) is 17.8.